The quantitative estimate of drug-likeness (QED) is 0.358. The Morgan fingerprint density at radius 3 is 2.24 bits per heavy atom. The van der Waals surface area contributed by atoms with Crippen molar-refractivity contribution >= 4 is 35.0 Å². The van der Waals surface area contributed by atoms with Crippen LogP contribution in [0.2, 0.25) is 0 Å². The van der Waals surface area contributed by atoms with Crippen molar-refractivity contribution in [2.75, 3.05) is 10.2 Å². The molecule has 3 aromatic carbocycles. The summed E-state index contributed by atoms with van der Waals surface area (Å²) in [4.78, 5) is 27.7. The zero-order chi connectivity index (χ0) is 23.8. The van der Waals surface area contributed by atoms with Crippen LogP contribution in [0.25, 0.3) is 0 Å². The lowest BCUT2D eigenvalue weighted by atomic mass is 10.2. The largest absolute Gasteiger partial charge is 0.416 e. The van der Waals surface area contributed by atoms with Gasteiger partial charge in [0.15, 0.2) is 0 Å². The summed E-state index contributed by atoms with van der Waals surface area (Å²) in [6, 6.07) is 16.7. The van der Waals surface area contributed by atoms with Crippen LogP contribution in [0.5, 0.6) is 0 Å². The van der Waals surface area contributed by atoms with Gasteiger partial charge in [-0.15, -0.1) is 0 Å². The van der Waals surface area contributed by atoms with Gasteiger partial charge in [0.2, 0.25) is 0 Å². The molecule has 0 spiro atoms. The molecule has 4 rings (SSSR count). The van der Waals surface area contributed by atoms with Gasteiger partial charge in [-0.05, 0) is 49.4 Å². The first kappa shape index (κ1) is 22.6. The number of thioether (sulfide) groups is 1. The predicted octanol–water partition coefficient (Wildman–Crippen LogP) is 6.14. The van der Waals surface area contributed by atoms with Crippen molar-refractivity contribution in [3.05, 3.63) is 100 Å². The summed E-state index contributed by atoms with van der Waals surface area (Å²) in [5.41, 5.74) is -0.497. The Labute approximate surface area is 190 Å². The average Bonchev–Trinajstić information content (AvgIpc) is 3.00. The molecule has 1 heterocycles. The molecule has 0 fully saturated rings. The van der Waals surface area contributed by atoms with Crippen LogP contribution in [0, 0.1) is 12.7 Å². The third kappa shape index (κ3) is 4.63. The molecule has 0 aliphatic carbocycles. The van der Waals surface area contributed by atoms with Gasteiger partial charge in [-0.25, -0.2) is 9.29 Å². The predicted molar refractivity (Wildman–Crippen MR) is 118 cm³/mol. The van der Waals surface area contributed by atoms with E-state index >= 15 is 0 Å². The molecular formula is C24H16F4N2O2S. The number of imide groups is 1. The van der Waals surface area contributed by atoms with Gasteiger partial charge in [0.05, 0.1) is 16.9 Å². The number of alkyl halides is 3. The van der Waals surface area contributed by atoms with Crippen LogP contribution < -0.4 is 10.2 Å². The molecular weight excluding hydrogens is 456 g/mol. The summed E-state index contributed by atoms with van der Waals surface area (Å²) in [5.74, 6) is -2.33. The van der Waals surface area contributed by atoms with Crippen LogP contribution in [0.4, 0.5) is 28.9 Å². The van der Waals surface area contributed by atoms with Crippen LogP contribution in [0.1, 0.15) is 11.1 Å². The van der Waals surface area contributed by atoms with Gasteiger partial charge >= 0.3 is 6.18 Å². The van der Waals surface area contributed by atoms with Crippen LogP contribution in [0.3, 0.4) is 0 Å². The molecule has 0 atom stereocenters. The van der Waals surface area contributed by atoms with Gasteiger partial charge in [0.1, 0.15) is 16.4 Å². The van der Waals surface area contributed by atoms with Crippen LogP contribution in [-0.4, -0.2) is 11.8 Å². The Kier molecular flexibility index (Phi) is 5.99. The summed E-state index contributed by atoms with van der Waals surface area (Å²) in [7, 11) is 0. The molecule has 3 aromatic rings. The van der Waals surface area contributed by atoms with Gasteiger partial charge in [0, 0.05) is 4.90 Å². The van der Waals surface area contributed by atoms with E-state index in [9.17, 15) is 27.2 Å². The summed E-state index contributed by atoms with van der Waals surface area (Å²) >= 11 is 0.974. The summed E-state index contributed by atoms with van der Waals surface area (Å²) < 4.78 is 53.8. The molecule has 1 aliphatic heterocycles. The monoisotopic (exact) mass is 472 g/mol. The van der Waals surface area contributed by atoms with Crippen molar-refractivity contribution in [2.24, 2.45) is 0 Å². The zero-order valence-electron chi connectivity index (χ0n) is 17.1. The van der Waals surface area contributed by atoms with Crippen molar-refractivity contribution in [1.82, 2.24) is 0 Å². The highest BCUT2D eigenvalue weighted by atomic mass is 32.2. The number of hydrogen-bond donors (Lipinski definition) is 1. The van der Waals surface area contributed by atoms with E-state index in [0.717, 1.165) is 35.5 Å². The van der Waals surface area contributed by atoms with Crippen molar-refractivity contribution in [3.8, 4) is 0 Å². The fourth-order valence-electron chi connectivity index (χ4n) is 3.19. The van der Waals surface area contributed by atoms with Gasteiger partial charge in [-0.1, -0.05) is 47.7 Å². The molecule has 0 saturated carbocycles. The van der Waals surface area contributed by atoms with E-state index < -0.39 is 29.4 Å². The Hall–Kier alpha value is -3.59. The number of carbonyl (C=O) groups is 2. The molecule has 4 nitrogen and oxygen atoms in total. The average molecular weight is 472 g/mol. The molecule has 1 aliphatic rings. The lowest BCUT2D eigenvalue weighted by Crippen LogP contribution is -2.32. The van der Waals surface area contributed by atoms with Crippen LogP contribution in [-0.2, 0) is 15.8 Å². The fourth-order valence-corrected chi connectivity index (χ4v) is 4.12. The molecule has 0 bridgehead atoms. The number of halogens is 4. The van der Waals surface area contributed by atoms with Crippen molar-refractivity contribution < 1.29 is 27.2 Å². The maximum absolute atomic E-state index is 14.2. The number of amides is 2. The highest BCUT2D eigenvalue weighted by molar-refractivity contribution is 8.04. The second kappa shape index (κ2) is 8.74. The van der Waals surface area contributed by atoms with Crippen molar-refractivity contribution in [2.45, 2.75) is 18.0 Å². The Bertz CT molecular complexity index is 1270. The molecule has 9 heteroatoms. The number of hydrogen-bond acceptors (Lipinski definition) is 4. The lowest BCUT2D eigenvalue weighted by molar-refractivity contribution is -0.137. The first-order valence-corrected chi connectivity index (χ1v) is 10.5. The Morgan fingerprint density at radius 1 is 0.879 bits per heavy atom. The molecule has 0 radical (unpaired) electrons. The Morgan fingerprint density at radius 2 is 1.58 bits per heavy atom. The van der Waals surface area contributed by atoms with E-state index in [0.29, 0.717) is 9.80 Å². The van der Waals surface area contributed by atoms with E-state index in [2.05, 4.69) is 5.32 Å². The minimum absolute atomic E-state index is 0.0402. The molecule has 1 N–H and O–H groups in total. The third-order valence-corrected chi connectivity index (χ3v) is 5.94. The first-order chi connectivity index (χ1) is 15.6. The number of benzene rings is 3. The number of nitrogens with zero attached hydrogens (tertiary/aromatic N) is 1. The number of rotatable bonds is 5. The minimum atomic E-state index is -4.65. The summed E-state index contributed by atoms with van der Waals surface area (Å²) in [6.45, 7) is 1.89. The third-order valence-electron chi connectivity index (χ3n) is 4.85. The van der Waals surface area contributed by atoms with Crippen LogP contribution in [0.15, 0.2) is 88.3 Å². The molecule has 168 valence electrons. The molecule has 0 aromatic heterocycles. The number of carbonyl (C=O) groups excluding carboxylic acids is 2. The Balaban J connectivity index is 1.77. The number of para-hydroxylation sites is 1. The molecule has 2 amide bonds. The second-order valence-electron chi connectivity index (χ2n) is 7.22. The molecule has 0 unspecified atom stereocenters. The zero-order valence-corrected chi connectivity index (χ0v) is 17.9. The number of nitrogens with one attached hydrogen (secondary N) is 1. The highest BCUT2D eigenvalue weighted by Gasteiger charge is 2.41. The van der Waals surface area contributed by atoms with Crippen LogP contribution >= 0.6 is 11.8 Å². The van der Waals surface area contributed by atoms with Crippen molar-refractivity contribution in [3.63, 3.8) is 0 Å². The van der Waals surface area contributed by atoms with E-state index in [1.54, 1.807) is 18.2 Å². The number of aryl methyl sites for hydroxylation is 1. The highest BCUT2D eigenvalue weighted by Crippen LogP contribution is 2.39. The lowest BCUT2D eigenvalue weighted by Gasteiger charge is -2.17. The van der Waals surface area contributed by atoms with Gasteiger partial charge in [0.25, 0.3) is 11.8 Å². The first-order valence-electron chi connectivity index (χ1n) is 9.71. The van der Waals surface area contributed by atoms with Gasteiger partial charge in [-0.3, -0.25) is 9.59 Å². The fraction of sp³-hybridized carbons (Fsp3) is 0.0833. The maximum atomic E-state index is 14.2. The van der Waals surface area contributed by atoms with Gasteiger partial charge in [-0.2, -0.15) is 13.2 Å². The SMILES string of the molecule is Cc1ccc(SC2=C(Nc3ccccc3F)C(=O)N(c3cccc(C(F)(F)F)c3)C2=O)cc1. The maximum Gasteiger partial charge on any atom is 0.416 e. The number of anilines is 2. The summed E-state index contributed by atoms with van der Waals surface area (Å²) in [6.07, 6.45) is -4.65. The van der Waals surface area contributed by atoms with Gasteiger partial charge < -0.3 is 5.32 Å². The molecule has 33 heavy (non-hydrogen) atoms. The van der Waals surface area contributed by atoms with Crippen molar-refractivity contribution in [1.29, 1.82) is 0 Å². The van der Waals surface area contributed by atoms with E-state index in [4.69, 9.17) is 0 Å². The van der Waals surface area contributed by atoms with E-state index in [1.165, 1.54) is 24.3 Å². The van der Waals surface area contributed by atoms with E-state index in [-0.39, 0.29) is 22.0 Å². The smallest absolute Gasteiger partial charge is 0.348 e. The topological polar surface area (TPSA) is 49.4 Å². The van der Waals surface area contributed by atoms with E-state index in [1.807, 2.05) is 19.1 Å². The molecule has 0 saturated heterocycles. The standard InChI is InChI=1S/C24H16F4N2O2S/c1-14-9-11-17(12-10-14)33-21-20(29-19-8-3-2-7-18(19)25)22(31)30(23(21)32)16-6-4-5-15(13-16)24(26,27)28/h2-13,29H,1H3. The second-order valence-corrected chi connectivity index (χ2v) is 8.30. The normalized spacial score (nSPS) is 14.3. The minimum Gasteiger partial charge on any atom is -0.348 e. The summed E-state index contributed by atoms with van der Waals surface area (Å²) in [5, 5.41) is 2.67.